The normalized spacial score (nSPS) is 11.3. The molecule has 3 heterocycles. The largest absolute Gasteiger partial charge is 0.422 e. The maximum atomic E-state index is 12.3. The molecule has 23 heavy (non-hydrogen) atoms. The Hall–Kier alpha value is -2.52. The topological polar surface area (TPSA) is 90.4 Å². The monoisotopic (exact) mass is 344 g/mol. The molecule has 0 aliphatic heterocycles. The zero-order chi connectivity index (χ0) is 15.8. The number of nitrogens with zero attached hydrogens (tertiary/aromatic N) is 4. The van der Waals surface area contributed by atoms with Crippen molar-refractivity contribution < 1.29 is 9.21 Å². The molecule has 0 amide bonds. The van der Waals surface area contributed by atoms with Gasteiger partial charge in [0.1, 0.15) is 17.5 Å². The van der Waals surface area contributed by atoms with Crippen LogP contribution >= 0.6 is 23.1 Å². The van der Waals surface area contributed by atoms with E-state index in [4.69, 9.17) is 4.42 Å². The lowest BCUT2D eigenvalue weighted by Crippen LogP contribution is -2.15. The smallest absolute Gasteiger partial charge is 0.347 e. The van der Waals surface area contributed by atoms with E-state index in [-0.39, 0.29) is 17.1 Å². The third-order valence-electron chi connectivity index (χ3n) is 3.14. The van der Waals surface area contributed by atoms with Gasteiger partial charge in [0.15, 0.2) is 10.1 Å². The summed E-state index contributed by atoms with van der Waals surface area (Å²) in [7, 11) is 0. The maximum absolute atomic E-state index is 12.3. The Morgan fingerprint density at radius 3 is 3.09 bits per heavy atom. The summed E-state index contributed by atoms with van der Waals surface area (Å²) in [6.45, 7) is 0. The van der Waals surface area contributed by atoms with E-state index >= 15 is 0 Å². The van der Waals surface area contributed by atoms with Gasteiger partial charge in [-0.1, -0.05) is 41.3 Å². The summed E-state index contributed by atoms with van der Waals surface area (Å²) in [6, 6.07) is 8.66. The van der Waals surface area contributed by atoms with Crippen LogP contribution in [0, 0.1) is 0 Å². The van der Waals surface area contributed by atoms with Crippen molar-refractivity contribution in [3.63, 3.8) is 0 Å². The van der Waals surface area contributed by atoms with Crippen molar-refractivity contribution in [2.24, 2.45) is 0 Å². The van der Waals surface area contributed by atoms with Crippen molar-refractivity contribution in [3.05, 3.63) is 52.6 Å². The highest BCUT2D eigenvalue weighted by Gasteiger charge is 2.15. The number of carbonyl (C=O) groups excluding carboxylic acids is 1. The van der Waals surface area contributed by atoms with Crippen LogP contribution in [-0.2, 0) is 0 Å². The minimum absolute atomic E-state index is 0.0548. The Kier molecular flexibility index (Phi) is 3.43. The van der Waals surface area contributed by atoms with Crippen LogP contribution in [0.3, 0.4) is 0 Å². The molecule has 0 atom stereocenters. The van der Waals surface area contributed by atoms with E-state index in [1.807, 2.05) is 6.07 Å². The van der Waals surface area contributed by atoms with Crippen LogP contribution in [0.4, 0.5) is 0 Å². The molecule has 0 saturated heterocycles. The minimum Gasteiger partial charge on any atom is -0.422 e. The number of hydrogen-bond acceptors (Lipinski definition) is 8. The quantitative estimate of drug-likeness (QED) is 0.319. The molecule has 1 aromatic carbocycles. The number of benzene rings is 1. The van der Waals surface area contributed by atoms with Crippen LogP contribution in [0.15, 0.2) is 50.2 Å². The zero-order valence-corrected chi connectivity index (χ0v) is 13.1. The first-order chi connectivity index (χ1) is 11.2. The molecular formula is C14H8N4O3S2. The number of aromatic nitrogens is 4. The second-order valence-corrected chi connectivity index (χ2v) is 6.80. The van der Waals surface area contributed by atoms with Crippen molar-refractivity contribution in [1.29, 1.82) is 0 Å². The van der Waals surface area contributed by atoms with E-state index in [1.165, 1.54) is 29.4 Å². The number of carbonyl (C=O) groups is 1. The average molecular weight is 344 g/mol. The van der Waals surface area contributed by atoms with Gasteiger partial charge in [0.05, 0.1) is 5.75 Å². The van der Waals surface area contributed by atoms with E-state index in [9.17, 15) is 9.59 Å². The van der Waals surface area contributed by atoms with Crippen molar-refractivity contribution in [2.75, 3.05) is 5.75 Å². The number of Topliss-reactive ketones (excluding diaryl/α,β-unsaturated/α-hetero) is 1. The van der Waals surface area contributed by atoms with E-state index in [0.717, 1.165) is 5.39 Å². The van der Waals surface area contributed by atoms with Crippen LogP contribution in [0.2, 0.25) is 0 Å². The molecule has 0 radical (unpaired) electrons. The average Bonchev–Trinajstić information content (AvgIpc) is 3.13. The number of thioether (sulfide) groups is 1. The van der Waals surface area contributed by atoms with Gasteiger partial charge in [-0.15, -0.1) is 15.3 Å². The van der Waals surface area contributed by atoms with Crippen molar-refractivity contribution in [1.82, 2.24) is 19.8 Å². The third-order valence-corrected chi connectivity index (χ3v) is 5.18. The lowest BCUT2D eigenvalue weighted by molar-refractivity contribution is 0.101. The molecule has 0 aliphatic rings. The molecular weight excluding hydrogens is 336 g/mol. The zero-order valence-electron chi connectivity index (χ0n) is 11.5. The van der Waals surface area contributed by atoms with Crippen LogP contribution in [0.5, 0.6) is 0 Å². The summed E-state index contributed by atoms with van der Waals surface area (Å²) in [5.74, 6) is -0.187. The van der Waals surface area contributed by atoms with E-state index in [1.54, 1.807) is 28.8 Å². The summed E-state index contributed by atoms with van der Waals surface area (Å²) in [4.78, 5) is 24.9. The van der Waals surface area contributed by atoms with Gasteiger partial charge in [-0.3, -0.25) is 4.79 Å². The molecule has 4 rings (SSSR count). The number of fused-ring (bicyclic) bond motifs is 2. The van der Waals surface area contributed by atoms with E-state index < -0.39 is 5.63 Å². The van der Waals surface area contributed by atoms with Gasteiger partial charge in [0.25, 0.3) is 0 Å². The van der Waals surface area contributed by atoms with Crippen molar-refractivity contribution in [2.45, 2.75) is 4.34 Å². The molecule has 0 saturated carbocycles. The summed E-state index contributed by atoms with van der Waals surface area (Å²) >= 11 is 2.59. The van der Waals surface area contributed by atoms with Gasteiger partial charge >= 0.3 is 5.63 Å². The minimum atomic E-state index is -0.618. The molecule has 0 aliphatic carbocycles. The lowest BCUT2D eigenvalue weighted by atomic mass is 10.1. The Bertz CT molecular complexity index is 1050. The Morgan fingerprint density at radius 2 is 2.22 bits per heavy atom. The Labute approximate surface area is 137 Å². The SMILES string of the molecule is O=C(CSc1nn2cnnc2s1)c1cc2ccccc2oc1=O. The highest BCUT2D eigenvalue weighted by atomic mass is 32.2. The summed E-state index contributed by atoms with van der Waals surface area (Å²) in [6.07, 6.45) is 1.50. The molecule has 3 aromatic heterocycles. The number of hydrogen-bond donors (Lipinski definition) is 0. The first kappa shape index (κ1) is 14.1. The molecule has 0 spiro atoms. The molecule has 4 aromatic rings. The maximum Gasteiger partial charge on any atom is 0.347 e. The fraction of sp³-hybridized carbons (Fsp3) is 0.0714. The fourth-order valence-corrected chi connectivity index (χ4v) is 3.81. The van der Waals surface area contributed by atoms with Crippen LogP contribution in [0.1, 0.15) is 10.4 Å². The second kappa shape index (κ2) is 5.60. The molecule has 114 valence electrons. The standard InChI is InChI=1S/C14H8N4O3S2/c19-10(6-22-14-17-18-7-15-16-13(18)23-14)9-5-8-3-1-2-4-11(8)21-12(9)20/h1-5,7H,6H2. The van der Waals surface area contributed by atoms with Gasteiger partial charge < -0.3 is 4.42 Å². The van der Waals surface area contributed by atoms with Crippen molar-refractivity contribution >= 4 is 44.8 Å². The van der Waals surface area contributed by atoms with Crippen molar-refractivity contribution in [3.8, 4) is 0 Å². The Morgan fingerprint density at radius 1 is 1.35 bits per heavy atom. The molecule has 0 bridgehead atoms. The van der Waals surface area contributed by atoms with Crippen LogP contribution in [-0.4, -0.2) is 31.3 Å². The highest BCUT2D eigenvalue weighted by molar-refractivity contribution is 8.01. The first-order valence-corrected chi connectivity index (χ1v) is 8.37. The van der Waals surface area contributed by atoms with E-state index in [2.05, 4.69) is 15.3 Å². The fourth-order valence-electron chi connectivity index (χ4n) is 2.06. The first-order valence-electron chi connectivity index (χ1n) is 6.56. The van der Waals surface area contributed by atoms with Gasteiger partial charge in [0.2, 0.25) is 4.96 Å². The molecule has 7 nitrogen and oxygen atoms in total. The lowest BCUT2D eigenvalue weighted by Gasteiger charge is -2.00. The summed E-state index contributed by atoms with van der Waals surface area (Å²) in [5.41, 5.74) is -0.0954. The predicted octanol–water partition coefficient (Wildman–Crippen LogP) is 2.27. The highest BCUT2D eigenvalue weighted by Crippen LogP contribution is 2.24. The van der Waals surface area contributed by atoms with Gasteiger partial charge in [0, 0.05) is 5.39 Å². The summed E-state index contributed by atoms with van der Waals surface area (Å²) < 4.78 is 7.41. The summed E-state index contributed by atoms with van der Waals surface area (Å²) in [5, 5.41) is 12.5. The number of ketones is 1. The third kappa shape index (κ3) is 2.64. The molecule has 0 N–H and O–H groups in total. The molecule has 9 heteroatoms. The van der Waals surface area contributed by atoms with E-state index in [0.29, 0.717) is 14.9 Å². The Balaban J connectivity index is 1.57. The van der Waals surface area contributed by atoms with Gasteiger partial charge in [-0.25, -0.2) is 4.79 Å². The second-order valence-electron chi connectivity index (χ2n) is 4.62. The van der Waals surface area contributed by atoms with Gasteiger partial charge in [-0.2, -0.15) is 4.52 Å². The number of para-hydroxylation sites is 1. The van der Waals surface area contributed by atoms with Crippen LogP contribution < -0.4 is 5.63 Å². The van der Waals surface area contributed by atoms with Crippen LogP contribution in [0.25, 0.3) is 15.9 Å². The predicted molar refractivity (Wildman–Crippen MR) is 86.2 cm³/mol. The van der Waals surface area contributed by atoms with Gasteiger partial charge in [-0.05, 0) is 12.1 Å². The molecule has 0 fully saturated rings. The number of rotatable bonds is 4. The molecule has 0 unspecified atom stereocenters.